The van der Waals surface area contributed by atoms with E-state index in [0.717, 1.165) is 16.7 Å². The molecule has 0 N–H and O–H groups in total. The molecule has 3 aromatic carbocycles. The Morgan fingerprint density at radius 2 is 0.826 bits per heavy atom. The van der Waals surface area contributed by atoms with E-state index in [9.17, 15) is 9.59 Å². The largest absolute Gasteiger partial charge is 0.295 e. The molecular weight excluding hydrogens is 284 g/mol. The number of carbonyl (C=O) groups excluding carboxylic acids is 2. The summed E-state index contributed by atoms with van der Waals surface area (Å²) in [6, 6.07) is 27.8. The SMILES string of the molecule is CC(=O)c1ccccc1.O=C(c1ccccc1)c1ccccc1. The second kappa shape index (κ2) is 8.44. The lowest BCUT2D eigenvalue weighted by Gasteiger charge is -1.99. The van der Waals surface area contributed by atoms with Gasteiger partial charge in [0.15, 0.2) is 11.6 Å². The molecule has 0 heterocycles. The van der Waals surface area contributed by atoms with Crippen molar-refractivity contribution < 1.29 is 9.59 Å². The molecule has 0 aliphatic heterocycles. The van der Waals surface area contributed by atoms with E-state index in [1.807, 2.05) is 91.0 Å². The lowest BCUT2D eigenvalue weighted by Crippen LogP contribution is -1.99. The number of ketones is 2. The second-order valence-electron chi connectivity index (χ2n) is 4.98. The molecule has 0 fully saturated rings. The van der Waals surface area contributed by atoms with Crippen LogP contribution in [-0.2, 0) is 0 Å². The van der Waals surface area contributed by atoms with E-state index in [1.165, 1.54) is 0 Å². The number of carbonyl (C=O) groups is 2. The number of hydrogen-bond acceptors (Lipinski definition) is 2. The van der Waals surface area contributed by atoms with Crippen LogP contribution in [0.15, 0.2) is 91.0 Å². The van der Waals surface area contributed by atoms with Crippen LogP contribution < -0.4 is 0 Å². The van der Waals surface area contributed by atoms with Gasteiger partial charge < -0.3 is 0 Å². The monoisotopic (exact) mass is 302 g/mol. The van der Waals surface area contributed by atoms with E-state index in [4.69, 9.17) is 0 Å². The van der Waals surface area contributed by atoms with Crippen molar-refractivity contribution in [1.29, 1.82) is 0 Å². The van der Waals surface area contributed by atoms with Crippen LogP contribution in [0.2, 0.25) is 0 Å². The molecule has 3 rings (SSSR count). The average Bonchev–Trinajstić information content (AvgIpc) is 2.64. The summed E-state index contributed by atoms with van der Waals surface area (Å²) in [5, 5.41) is 0. The van der Waals surface area contributed by atoms with Crippen molar-refractivity contribution in [2.75, 3.05) is 0 Å². The van der Waals surface area contributed by atoms with Crippen molar-refractivity contribution in [1.82, 2.24) is 0 Å². The fraction of sp³-hybridized carbons (Fsp3) is 0.0476. The van der Waals surface area contributed by atoms with Gasteiger partial charge in [-0.25, -0.2) is 0 Å². The number of hydrogen-bond donors (Lipinski definition) is 0. The average molecular weight is 302 g/mol. The van der Waals surface area contributed by atoms with Crippen LogP contribution in [0.5, 0.6) is 0 Å². The standard InChI is InChI=1S/C13H10O.C8H8O/c14-13(11-7-3-1-4-8-11)12-9-5-2-6-10-12;1-7(9)8-5-3-2-4-6-8/h1-10H;2-6H,1H3. The van der Waals surface area contributed by atoms with Crippen LogP contribution in [0.3, 0.4) is 0 Å². The molecule has 2 nitrogen and oxygen atoms in total. The summed E-state index contributed by atoms with van der Waals surface area (Å²) in [5.41, 5.74) is 2.25. The first kappa shape index (κ1) is 16.4. The van der Waals surface area contributed by atoms with E-state index < -0.39 is 0 Å². The predicted octanol–water partition coefficient (Wildman–Crippen LogP) is 4.81. The maximum atomic E-state index is 11.8. The van der Waals surface area contributed by atoms with E-state index >= 15 is 0 Å². The Labute approximate surface area is 136 Å². The third-order valence-corrected chi connectivity index (χ3v) is 3.25. The predicted molar refractivity (Wildman–Crippen MR) is 92.8 cm³/mol. The van der Waals surface area contributed by atoms with Crippen molar-refractivity contribution in [3.63, 3.8) is 0 Å². The summed E-state index contributed by atoms with van der Waals surface area (Å²) < 4.78 is 0. The first-order valence-corrected chi connectivity index (χ1v) is 7.39. The highest BCUT2D eigenvalue weighted by Crippen LogP contribution is 2.08. The third kappa shape index (κ3) is 5.04. The molecule has 0 aliphatic carbocycles. The van der Waals surface area contributed by atoms with Crippen molar-refractivity contribution >= 4 is 11.6 Å². The molecule has 0 bridgehead atoms. The highest BCUT2D eigenvalue weighted by molar-refractivity contribution is 6.08. The third-order valence-electron chi connectivity index (χ3n) is 3.25. The van der Waals surface area contributed by atoms with Crippen molar-refractivity contribution in [3.8, 4) is 0 Å². The molecule has 0 spiro atoms. The molecular formula is C21H18O2. The van der Waals surface area contributed by atoms with E-state index in [-0.39, 0.29) is 11.6 Å². The fourth-order valence-electron chi connectivity index (χ4n) is 2.02. The van der Waals surface area contributed by atoms with E-state index in [1.54, 1.807) is 6.92 Å². The smallest absolute Gasteiger partial charge is 0.193 e. The first-order chi connectivity index (χ1) is 11.2. The summed E-state index contributed by atoms with van der Waals surface area (Å²) in [7, 11) is 0. The molecule has 23 heavy (non-hydrogen) atoms. The number of benzene rings is 3. The van der Waals surface area contributed by atoms with Gasteiger partial charge in [-0.2, -0.15) is 0 Å². The molecule has 2 heteroatoms. The van der Waals surface area contributed by atoms with E-state index in [2.05, 4.69) is 0 Å². The summed E-state index contributed by atoms with van der Waals surface area (Å²) >= 11 is 0. The molecule has 3 aromatic rings. The quantitative estimate of drug-likeness (QED) is 0.651. The normalized spacial score (nSPS) is 9.43. The maximum Gasteiger partial charge on any atom is 0.193 e. The Morgan fingerprint density at radius 1 is 0.522 bits per heavy atom. The molecule has 114 valence electrons. The summed E-state index contributed by atoms with van der Waals surface area (Å²) in [5.74, 6) is 0.196. The van der Waals surface area contributed by atoms with Crippen LogP contribution in [0.4, 0.5) is 0 Å². The van der Waals surface area contributed by atoms with Crippen LogP contribution in [-0.4, -0.2) is 11.6 Å². The lowest BCUT2D eigenvalue weighted by molar-refractivity contribution is 0.101. The zero-order valence-electron chi connectivity index (χ0n) is 13.0. The Kier molecular flexibility index (Phi) is 6.01. The molecule has 0 radical (unpaired) electrons. The Morgan fingerprint density at radius 3 is 1.09 bits per heavy atom. The van der Waals surface area contributed by atoms with Crippen LogP contribution in [0.1, 0.15) is 33.2 Å². The molecule has 0 amide bonds. The van der Waals surface area contributed by atoms with Crippen LogP contribution in [0, 0.1) is 0 Å². The van der Waals surface area contributed by atoms with Gasteiger partial charge in [0.05, 0.1) is 0 Å². The second-order valence-corrected chi connectivity index (χ2v) is 4.98. The lowest BCUT2D eigenvalue weighted by atomic mass is 10.0. The zero-order valence-corrected chi connectivity index (χ0v) is 13.0. The van der Waals surface area contributed by atoms with Gasteiger partial charge in [-0.1, -0.05) is 91.0 Å². The van der Waals surface area contributed by atoms with Gasteiger partial charge in [-0.3, -0.25) is 9.59 Å². The number of Topliss-reactive ketones (excluding diaryl/α,β-unsaturated/α-hetero) is 1. The van der Waals surface area contributed by atoms with Gasteiger partial charge in [0.2, 0.25) is 0 Å². The minimum absolute atomic E-state index is 0.0752. The highest BCUT2D eigenvalue weighted by Gasteiger charge is 2.06. The zero-order chi connectivity index (χ0) is 16.5. The molecule has 0 aliphatic rings. The Balaban J connectivity index is 0.000000185. The van der Waals surface area contributed by atoms with Crippen molar-refractivity contribution in [3.05, 3.63) is 108 Å². The van der Waals surface area contributed by atoms with Gasteiger partial charge in [0.1, 0.15) is 0 Å². The Bertz CT molecular complexity index is 706. The minimum Gasteiger partial charge on any atom is -0.295 e. The maximum absolute atomic E-state index is 11.8. The summed E-state index contributed by atoms with van der Waals surface area (Å²) in [6.07, 6.45) is 0. The first-order valence-electron chi connectivity index (χ1n) is 7.39. The van der Waals surface area contributed by atoms with Crippen LogP contribution in [0.25, 0.3) is 0 Å². The highest BCUT2D eigenvalue weighted by atomic mass is 16.1. The van der Waals surface area contributed by atoms with Crippen LogP contribution >= 0.6 is 0 Å². The van der Waals surface area contributed by atoms with E-state index in [0.29, 0.717) is 0 Å². The van der Waals surface area contributed by atoms with Gasteiger partial charge in [0, 0.05) is 16.7 Å². The topological polar surface area (TPSA) is 34.1 Å². The molecule has 0 saturated heterocycles. The fourth-order valence-corrected chi connectivity index (χ4v) is 2.02. The minimum atomic E-state index is 0.0752. The van der Waals surface area contributed by atoms with Gasteiger partial charge in [-0.15, -0.1) is 0 Å². The molecule has 0 unspecified atom stereocenters. The van der Waals surface area contributed by atoms with Gasteiger partial charge >= 0.3 is 0 Å². The van der Waals surface area contributed by atoms with Crippen molar-refractivity contribution in [2.45, 2.75) is 6.92 Å². The van der Waals surface area contributed by atoms with Gasteiger partial charge in [-0.05, 0) is 6.92 Å². The number of rotatable bonds is 3. The summed E-state index contributed by atoms with van der Waals surface area (Å²) in [4.78, 5) is 22.5. The van der Waals surface area contributed by atoms with Gasteiger partial charge in [0.25, 0.3) is 0 Å². The molecule has 0 aromatic heterocycles. The summed E-state index contributed by atoms with van der Waals surface area (Å²) in [6.45, 7) is 1.56. The van der Waals surface area contributed by atoms with Crippen molar-refractivity contribution in [2.24, 2.45) is 0 Å². The molecule has 0 atom stereocenters. The molecule has 0 saturated carbocycles. The Hall–Kier alpha value is -3.00.